The van der Waals surface area contributed by atoms with Gasteiger partial charge in [-0.15, -0.1) is 0 Å². The predicted octanol–water partition coefficient (Wildman–Crippen LogP) is 2.97. The van der Waals surface area contributed by atoms with Crippen LogP contribution in [0.2, 0.25) is 0 Å². The van der Waals surface area contributed by atoms with Crippen LogP contribution < -0.4 is 5.32 Å². The van der Waals surface area contributed by atoms with Crippen LogP contribution in [0, 0.1) is 20.8 Å². The summed E-state index contributed by atoms with van der Waals surface area (Å²) in [6.45, 7) is 11.2. The first-order valence-electron chi connectivity index (χ1n) is 6.91. The van der Waals surface area contributed by atoms with E-state index in [9.17, 15) is 0 Å². The Hall–Kier alpha value is -1.61. The van der Waals surface area contributed by atoms with Crippen molar-refractivity contribution < 1.29 is 0 Å². The minimum absolute atomic E-state index is 0.846. The molecule has 19 heavy (non-hydrogen) atoms. The molecule has 0 fully saturated rings. The van der Waals surface area contributed by atoms with Crippen molar-refractivity contribution in [2.75, 3.05) is 6.54 Å². The maximum Gasteiger partial charge on any atom is 0.0662 e. The van der Waals surface area contributed by atoms with Gasteiger partial charge in [0.1, 0.15) is 0 Å². The number of benzene rings is 1. The average molecular weight is 257 g/mol. The van der Waals surface area contributed by atoms with Crippen LogP contribution in [0.4, 0.5) is 0 Å². The molecule has 2 rings (SSSR count). The Morgan fingerprint density at radius 2 is 1.79 bits per heavy atom. The Kier molecular flexibility index (Phi) is 4.38. The van der Waals surface area contributed by atoms with Gasteiger partial charge < -0.3 is 5.32 Å². The van der Waals surface area contributed by atoms with E-state index in [1.165, 1.54) is 22.4 Å². The van der Waals surface area contributed by atoms with Crippen LogP contribution in [-0.4, -0.2) is 16.3 Å². The summed E-state index contributed by atoms with van der Waals surface area (Å²) < 4.78 is 2.10. The van der Waals surface area contributed by atoms with E-state index in [0.717, 1.165) is 25.3 Å². The van der Waals surface area contributed by atoms with E-state index >= 15 is 0 Å². The summed E-state index contributed by atoms with van der Waals surface area (Å²) in [5, 5.41) is 8.03. The van der Waals surface area contributed by atoms with Gasteiger partial charge in [0, 0.05) is 17.8 Å². The van der Waals surface area contributed by atoms with Crippen molar-refractivity contribution in [3.05, 3.63) is 52.3 Å². The molecule has 102 valence electrons. The van der Waals surface area contributed by atoms with Crippen molar-refractivity contribution >= 4 is 0 Å². The van der Waals surface area contributed by atoms with E-state index in [-0.39, 0.29) is 0 Å². The van der Waals surface area contributed by atoms with E-state index in [1.54, 1.807) is 0 Å². The zero-order valence-corrected chi connectivity index (χ0v) is 12.3. The maximum absolute atomic E-state index is 4.66. The third-order valence-electron chi connectivity index (χ3n) is 3.54. The molecule has 1 aromatic heterocycles. The van der Waals surface area contributed by atoms with E-state index in [0.29, 0.717) is 0 Å². The minimum atomic E-state index is 0.846. The molecule has 3 heteroatoms. The molecule has 3 nitrogen and oxygen atoms in total. The Balaban J connectivity index is 2.19. The van der Waals surface area contributed by atoms with Gasteiger partial charge in [0.25, 0.3) is 0 Å². The molecule has 0 unspecified atom stereocenters. The number of aryl methyl sites for hydroxylation is 2. The molecular weight excluding hydrogens is 234 g/mol. The van der Waals surface area contributed by atoms with E-state index < -0.39 is 0 Å². The number of nitrogens with one attached hydrogen (secondary N) is 1. The molecule has 0 aliphatic heterocycles. The van der Waals surface area contributed by atoms with Crippen LogP contribution in [0.5, 0.6) is 0 Å². The molecule has 0 saturated carbocycles. The SMILES string of the molecule is CCNCc1c(C)nn(Cc2ccc(C)cc2)c1C. The third-order valence-corrected chi connectivity index (χ3v) is 3.54. The maximum atomic E-state index is 4.66. The van der Waals surface area contributed by atoms with Crippen LogP contribution in [0.15, 0.2) is 24.3 Å². The Morgan fingerprint density at radius 3 is 2.42 bits per heavy atom. The Labute approximate surface area is 115 Å². The molecule has 1 aromatic carbocycles. The highest BCUT2D eigenvalue weighted by Crippen LogP contribution is 2.15. The van der Waals surface area contributed by atoms with Crippen molar-refractivity contribution in [2.45, 2.75) is 40.8 Å². The molecule has 0 amide bonds. The number of nitrogens with zero attached hydrogens (tertiary/aromatic N) is 2. The topological polar surface area (TPSA) is 29.9 Å². The van der Waals surface area contributed by atoms with E-state index in [1.807, 2.05) is 0 Å². The van der Waals surface area contributed by atoms with Crippen molar-refractivity contribution in [1.29, 1.82) is 0 Å². The summed E-state index contributed by atoms with van der Waals surface area (Å²) in [4.78, 5) is 0. The second kappa shape index (κ2) is 6.02. The second-order valence-corrected chi connectivity index (χ2v) is 5.07. The fourth-order valence-corrected chi connectivity index (χ4v) is 2.26. The molecule has 0 atom stereocenters. The summed E-state index contributed by atoms with van der Waals surface area (Å²) in [5.74, 6) is 0. The van der Waals surface area contributed by atoms with Gasteiger partial charge in [0.2, 0.25) is 0 Å². The first-order chi connectivity index (χ1) is 9.11. The van der Waals surface area contributed by atoms with Crippen LogP contribution in [-0.2, 0) is 13.1 Å². The summed E-state index contributed by atoms with van der Waals surface area (Å²) in [6, 6.07) is 8.66. The zero-order chi connectivity index (χ0) is 13.8. The van der Waals surface area contributed by atoms with Crippen molar-refractivity contribution in [2.24, 2.45) is 0 Å². The lowest BCUT2D eigenvalue weighted by molar-refractivity contribution is 0.655. The lowest BCUT2D eigenvalue weighted by Gasteiger charge is -2.06. The van der Waals surface area contributed by atoms with Crippen molar-refractivity contribution in [1.82, 2.24) is 15.1 Å². The number of hydrogen-bond acceptors (Lipinski definition) is 2. The van der Waals surface area contributed by atoms with Gasteiger partial charge in [0.15, 0.2) is 0 Å². The molecule has 2 aromatic rings. The Morgan fingerprint density at radius 1 is 1.11 bits per heavy atom. The highest BCUT2D eigenvalue weighted by Gasteiger charge is 2.10. The normalized spacial score (nSPS) is 10.9. The molecule has 0 radical (unpaired) electrons. The molecular formula is C16H23N3. The summed E-state index contributed by atoms with van der Waals surface area (Å²) in [6.07, 6.45) is 0. The minimum Gasteiger partial charge on any atom is -0.313 e. The summed E-state index contributed by atoms with van der Waals surface area (Å²) in [5.41, 5.74) is 6.31. The van der Waals surface area contributed by atoms with Gasteiger partial charge >= 0.3 is 0 Å². The van der Waals surface area contributed by atoms with Crippen LogP contribution >= 0.6 is 0 Å². The van der Waals surface area contributed by atoms with E-state index in [2.05, 4.69) is 67.1 Å². The van der Waals surface area contributed by atoms with Gasteiger partial charge in [0.05, 0.1) is 12.2 Å². The molecule has 1 heterocycles. The second-order valence-electron chi connectivity index (χ2n) is 5.07. The molecule has 0 aliphatic rings. The van der Waals surface area contributed by atoms with Gasteiger partial charge in [-0.05, 0) is 32.9 Å². The molecule has 1 N–H and O–H groups in total. The first-order valence-corrected chi connectivity index (χ1v) is 6.91. The third kappa shape index (κ3) is 3.24. The quantitative estimate of drug-likeness (QED) is 0.892. The first kappa shape index (κ1) is 13.8. The fraction of sp³-hybridized carbons (Fsp3) is 0.438. The summed E-state index contributed by atoms with van der Waals surface area (Å²) in [7, 11) is 0. The highest BCUT2D eigenvalue weighted by atomic mass is 15.3. The van der Waals surface area contributed by atoms with Gasteiger partial charge in [-0.25, -0.2) is 0 Å². The van der Waals surface area contributed by atoms with Crippen LogP contribution in [0.25, 0.3) is 0 Å². The monoisotopic (exact) mass is 257 g/mol. The molecule has 0 spiro atoms. The number of rotatable bonds is 5. The summed E-state index contributed by atoms with van der Waals surface area (Å²) >= 11 is 0. The standard InChI is InChI=1S/C16H23N3/c1-5-17-10-16-13(3)18-19(14(16)4)11-15-8-6-12(2)7-9-15/h6-9,17H,5,10-11H2,1-4H3. The molecule has 0 bridgehead atoms. The number of aromatic nitrogens is 2. The van der Waals surface area contributed by atoms with Crippen LogP contribution in [0.1, 0.15) is 35.0 Å². The average Bonchev–Trinajstić information content (AvgIpc) is 2.65. The number of hydrogen-bond donors (Lipinski definition) is 1. The fourth-order valence-electron chi connectivity index (χ4n) is 2.26. The largest absolute Gasteiger partial charge is 0.313 e. The lowest BCUT2D eigenvalue weighted by atomic mass is 10.1. The van der Waals surface area contributed by atoms with Gasteiger partial charge in [-0.1, -0.05) is 36.8 Å². The highest BCUT2D eigenvalue weighted by molar-refractivity contribution is 5.26. The smallest absolute Gasteiger partial charge is 0.0662 e. The van der Waals surface area contributed by atoms with E-state index in [4.69, 9.17) is 0 Å². The predicted molar refractivity (Wildman–Crippen MR) is 79.4 cm³/mol. The molecule has 0 aliphatic carbocycles. The zero-order valence-electron chi connectivity index (χ0n) is 12.3. The lowest BCUT2D eigenvalue weighted by Crippen LogP contribution is -2.13. The van der Waals surface area contributed by atoms with Crippen molar-refractivity contribution in [3.8, 4) is 0 Å². The van der Waals surface area contributed by atoms with Gasteiger partial charge in [-0.2, -0.15) is 5.10 Å². The Bertz CT molecular complexity index is 538. The van der Waals surface area contributed by atoms with Crippen molar-refractivity contribution in [3.63, 3.8) is 0 Å². The van der Waals surface area contributed by atoms with Gasteiger partial charge in [-0.3, -0.25) is 4.68 Å². The van der Waals surface area contributed by atoms with Crippen LogP contribution in [0.3, 0.4) is 0 Å². The molecule has 0 saturated heterocycles.